The van der Waals surface area contributed by atoms with Crippen molar-refractivity contribution in [2.24, 2.45) is 0 Å². The van der Waals surface area contributed by atoms with Gasteiger partial charge in [-0.2, -0.15) is 0 Å². The number of hydrogen-bond acceptors (Lipinski definition) is 6. The molecule has 0 radical (unpaired) electrons. The van der Waals surface area contributed by atoms with Gasteiger partial charge in [-0.05, 0) is 92.3 Å². The van der Waals surface area contributed by atoms with E-state index in [4.69, 9.17) is 9.97 Å². The summed E-state index contributed by atoms with van der Waals surface area (Å²) in [5, 5.41) is 8.70. The van der Waals surface area contributed by atoms with Crippen LogP contribution in [0.3, 0.4) is 0 Å². The third-order valence-electron chi connectivity index (χ3n) is 12.6. The molecular formula is C60H38N4S4. The Labute approximate surface area is 409 Å². The summed E-state index contributed by atoms with van der Waals surface area (Å²) in [6.45, 7) is 0. The quantitative estimate of drug-likeness (QED) is 0.159. The van der Waals surface area contributed by atoms with Crippen molar-refractivity contribution in [2.45, 2.75) is 0 Å². The lowest BCUT2D eigenvalue weighted by Crippen LogP contribution is -1.90. The standard InChI is InChI=1S/C60H38N4S4/c1-5-17-37(18-6-1)49-41-29-30-42(61-41)50(38-19-7-2-8-20-38)59-55(47-27-15-35-67-47)56(48-28-16-36-68-48)60(64-59)52(40-23-11-4-12-24-40)44-32-31-43(62-44)51(39-21-9-3-10-22-39)58-54(46-26-14-34-66-46)53(57(49)63-58)45-25-13-33-65-45/h1-36,63-64H. The number of nitrogens with zero attached hydrogens (tertiary/aromatic N) is 2. The largest absolute Gasteiger partial charge is 0.353 e. The predicted molar refractivity (Wildman–Crippen MR) is 294 cm³/mol. The lowest BCUT2D eigenvalue weighted by molar-refractivity contribution is 1.31. The minimum absolute atomic E-state index is 0.879. The minimum Gasteiger partial charge on any atom is -0.353 e. The van der Waals surface area contributed by atoms with E-state index in [0.717, 1.165) is 112 Å². The fraction of sp³-hybridized carbons (Fsp3) is 0. The van der Waals surface area contributed by atoms with Crippen molar-refractivity contribution in [3.8, 4) is 86.3 Å². The first-order valence-electron chi connectivity index (χ1n) is 22.4. The zero-order valence-electron chi connectivity index (χ0n) is 36.3. The molecular weight excluding hydrogens is 905 g/mol. The molecule has 0 spiro atoms. The van der Waals surface area contributed by atoms with Crippen LogP contribution in [0.1, 0.15) is 22.8 Å². The van der Waals surface area contributed by atoms with E-state index in [1.165, 1.54) is 19.5 Å². The van der Waals surface area contributed by atoms with Crippen molar-refractivity contribution in [3.63, 3.8) is 0 Å². The lowest BCUT2D eigenvalue weighted by Gasteiger charge is -2.09. The van der Waals surface area contributed by atoms with Gasteiger partial charge in [0.2, 0.25) is 0 Å². The summed E-state index contributed by atoms with van der Waals surface area (Å²) in [6, 6.07) is 60.6. The number of thiophene rings is 4. The highest BCUT2D eigenvalue weighted by atomic mass is 32.1. The van der Waals surface area contributed by atoms with Crippen LogP contribution in [0, 0.1) is 0 Å². The zero-order valence-corrected chi connectivity index (χ0v) is 39.6. The number of nitrogens with one attached hydrogen (secondary N) is 2. The van der Waals surface area contributed by atoms with Crippen LogP contribution in [0.25, 0.3) is 133 Å². The van der Waals surface area contributed by atoms with E-state index in [-0.39, 0.29) is 0 Å². The van der Waals surface area contributed by atoms with E-state index < -0.39 is 0 Å². The summed E-state index contributed by atoms with van der Waals surface area (Å²) in [6.07, 6.45) is 8.85. The number of fused-ring (bicyclic) bond motifs is 8. The van der Waals surface area contributed by atoms with Crippen molar-refractivity contribution in [3.05, 3.63) is 214 Å². The Balaban J connectivity index is 1.35. The molecule has 8 heteroatoms. The molecule has 0 saturated heterocycles. The average Bonchev–Trinajstić information content (AvgIpc) is 4.23. The second-order valence-electron chi connectivity index (χ2n) is 16.6. The second kappa shape index (κ2) is 17.2. The Kier molecular flexibility index (Phi) is 10.2. The maximum absolute atomic E-state index is 5.79. The van der Waals surface area contributed by atoms with Crippen LogP contribution < -0.4 is 0 Å². The number of rotatable bonds is 8. The van der Waals surface area contributed by atoms with Crippen molar-refractivity contribution in [1.82, 2.24) is 19.9 Å². The SMILES string of the molecule is C1=Cc2nc1c(-c1ccccc1)c1[nH]c(c(-c3ccccc3)c3nc(c(-c4ccccc4)c4[nH]c(c2-c2ccccc2)c(-c2cccs2)c4-c2cccs2)C=C3)c(-c2cccs2)c1-c1cccs1. The molecule has 0 fully saturated rings. The first-order chi connectivity index (χ1) is 33.8. The number of aromatic nitrogens is 4. The molecule has 0 atom stereocenters. The van der Waals surface area contributed by atoms with E-state index in [1.54, 1.807) is 45.3 Å². The van der Waals surface area contributed by atoms with Crippen LogP contribution >= 0.6 is 45.3 Å². The Hall–Kier alpha value is -7.72. The zero-order chi connectivity index (χ0) is 45.0. The van der Waals surface area contributed by atoms with E-state index in [9.17, 15) is 0 Å². The van der Waals surface area contributed by atoms with Crippen molar-refractivity contribution in [2.75, 3.05) is 0 Å². The fourth-order valence-electron chi connectivity index (χ4n) is 9.80. The highest BCUT2D eigenvalue weighted by Crippen LogP contribution is 2.52. The summed E-state index contributed by atoms with van der Waals surface area (Å²) < 4.78 is 0. The van der Waals surface area contributed by atoms with E-state index in [0.29, 0.717) is 0 Å². The van der Waals surface area contributed by atoms with Gasteiger partial charge in [-0.15, -0.1) is 45.3 Å². The highest BCUT2D eigenvalue weighted by molar-refractivity contribution is 7.15. The molecule has 13 rings (SSSR count). The molecule has 0 unspecified atom stereocenters. The van der Waals surface area contributed by atoms with Crippen LogP contribution in [-0.4, -0.2) is 19.9 Å². The van der Waals surface area contributed by atoms with Gasteiger partial charge in [-0.25, -0.2) is 9.97 Å². The monoisotopic (exact) mass is 942 g/mol. The first-order valence-corrected chi connectivity index (χ1v) is 26.0. The predicted octanol–water partition coefficient (Wildman–Crippen LogP) is 18.2. The number of benzene rings is 4. The molecule has 8 bridgehead atoms. The Morgan fingerprint density at radius 1 is 0.250 bits per heavy atom. The van der Waals surface area contributed by atoms with Gasteiger partial charge < -0.3 is 9.97 Å². The van der Waals surface area contributed by atoms with Gasteiger partial charge in [-0.1, -0.05) is 146 Å². The third-order valence-corrected chi connectivity index (χ3v) is 16.2. The number of hydrogen-bond donors (Lipinski definition) is 2. The van der Waals surface area contributed by atoms with E-state index >= 15 is 0 Å². The fourth-order valence-corrected chi connectivity index (χ4v) is 12.9. The van der Waals surface area contributed by atoms with E-state index in [2.05, 4.69) is 226 Å². The molecule has 68 heavy (non-hydrogen) atoms. The molecule has 4 aromatic carbocycles. The van der Waals surface area contributed by atoms with Crippen LogP contribution in [0.4, 0.5) is 0 Å². The molecule has 0 saturated carbocycles. The minimum atomic E-state index is 0.879. The molecule has 9 heterocycles. The summed E-state index contributed by atoms with van der Waals surface area (Å²) in [5.74, 6) is 0. The van der Waals surface area contributed by atoms with Crippen molar-refractivity contribution in [1.29, 1.82) is 0 Å². The third kappa shape index (κ3) is 6.92. The summed E-state index contributed by atoms with van der Waals surface area (Å²) >= 11 is 7.03. The molecule has 2 N–H and O–H groups in total. The summed E-state index contributed by atoms with van der Waals surface area (Å²) in [4.78, 5) is 24.6. The second-order valence-corrected chi connectivity index (χ2v) is 20.3. The number of H-pyrrole nitrogens is 2. The normalized spacial score (nSPS) is 12.0. The molecule has 11 aromatic rings. The van der Waals surface area contributed by atoms with Gasteiger partial charge in [0, 0.05) is 64.0 Å². The average molecular weight is 943 g/mol. The van der Waals surface area contributed by atoms with Gasteiger partial charge in [0.15, 0.2) is 0 Å². The summed E-state index contributed by atoms with van der Waals surface area (Å²) in [7, 11) is 0. The van der Waals surface area contributed by atoms with Gasteiger partial charge >= 0.3 is 0 Å². The maximum Gasteiger partial charge on any atom is 0.0737 e. The first kappa shape index (κ1) is 40.5. The molecule has 7 aromatic heterocycles. The Bertz CT molecular complexity index is 3340. The maximum atomic E-state index is 5.79. The van der Waals surface area contributed by atoms with Gasteiger partial charge in [0.05, 0.1) is 44.8 Å². The summed E-state index contributed by atoms with van der Waals surface area (Å²) in [5.41, 5.74) is 20.5. The molecule has 0 amide bonds. The smallest absolute Gasteiger partial charge is 0.0737 e. The highest BCUT2D eigenvalue weighted by Gasteiger charge is 2.28. The van der Waals surface area contributed by atoms with Crippen LogP contribution in [0.5, 0.6) is 0 Å². The van der Waals surface area contributed by atoms with Gasteiger partial charge in [-0.3, -0.25) is 0 Å². The van der Waals surface area contributed by atoms with Crippen LogP contribution in [0.15, 0.2) is 191 Å². The molecule has 0 aliphatic carbocycles. The molecule has 2 aliphatic heterocycles. The molecule has 322 valence electrons. The van der Waals surface area contributed by atoms with Crippen LogP contribution in [-0.2, 0) is 0 Å². The van der Waals surface area contributed by atoms with Crippen LogP contribution in [0.2, 0.25) is 0 Å². The van der Waals surface area contributed by atoms with Crippen molar-refractivity contribution < 1.29 is 0 Å². The molecule has 4 nitrogen and oxygen atoms in total. The lowest BCUT2D eigenvalue weighted by atomic mass is 9.97. The van der Waals surface area contributed by atoms with Gasteiger partial charge in [0.25, 0.3) is 0 Å². The Morgan fingerprint density at radius 3 is 0.691 bits per heavy atom. The van der Waals surface area contributed by atoms with Crippen molar-refractivity contribution >= 4 is 91.7 Å². The molecule has 2 aliphatic rings. The van der Waals surface area contributed by atoms with E-state index in [1.807, 2.05) is 0 Å². The Morgan fingerprint density at radius 2 is 0.485 bits per heavy atom. The number of aromatic amines is 2. The van der Waals surface area contributed by atoms with Gasteiger partial charge in [0.1, 0.15) is 0 Å². The topological polar surface area (TPSA) is 57.4 Å².